The lowest BCUT2D eigenvalue weighted by Gasteiger charge is -2.26. The van der Waals surface area contributed by atoms with Crippen molar-refractivity contribution in [3.63, 3.8) is 0 Å². The van der Waals surface area contributed by atoms with Crippen molar-refractivity contribution in [2.75, 3.05) is 32.8 Å². The normalized spacial score (nSPS) is 14.1. The first-order chi connectivity index (χ1) is 19.0. The standard InChI is InChI=1S/C30H35N5O4/c1-3-4-9-27-31-21(2)24(14-15-34-16-18-38-19-17-34)29(36)35(27)20-22-10-12-23(13-11-22)25-7-5-6-8-26(25)28-32-30(37)39-33-28/h5-8,10-13H,3-4,9,14-20H2,1-2H3,(H,32,33,37). The number of rotatable bonds is 10. The Morgan fingerprint density at radius 3 is 2.41 bits per heavy atom. The van der Waals surface area contributed by atoms with Gasteiger partial charge in [-0.05, 0) is 36.5 Å². The summed E-state index contributed by atoms with van der Waals surface area (Å²) in [5, 5.41) is 3.85. The fraction of sp³-hybridized carbons (Fsp3) is 0.400. The minimum Gasteiger partial charge on any atom is -0.379 e. The molecule has 39 heavy (non-hydrogen) atoms. The van der Waals surface area contributed by atoms with Gasteiger partial charge in [0, 0.05) is 42.9 Å². The average molecular weight is 530 g/mol. The van der Waals surface area contributed by atoms with Crippen molar-refractivity contribution >= 4 is 0 Å². The number of nitrogens with one attached hydrogen (secondary N) is 1. The Morgan fingerprint density at radius 1 is 0.974 bits per heavy atom. The zero-order valence-electron chi connectivity index (χ0n) is 22.6. The summed E-state index contributed by atoms with van der Waals surface area (Å²) in [6, 6.07) is 15.9. The Balaban J connectivity index is 1.41. The van der Waals surface area contributed by atoms with Gasteiger partial charge in [-0.3, -0.25) is 23.8 Å². The van der Waals surface area contributed by atoms with Crippen LogP contribution in [-0.2, 0) is 24.1 Å². The summed E-state index contributed by atoms with van der Waals surface area (Å²) in [4.78, 5) is 35.2. The van der Waals surface area contributed by atoms with Crippen molar-refractivity contribution in [1.82, 2.24) is 24.6 Å². The molecule has 5 rings (SSSR count). The number of morpholine rings is 1. The molecule has 2 aromatic heterocycles. The molecule has 4 aromatic rings. The van der Waals surface area contributed by atoms with Gasteiger partial charge in [-0.1, -0.05) is 67.0 Å². The zero-order valence-corrected chi connectivity index (χ0v) is 22.6. The van der Waals surface area contributed by atoms with E-state index >= 15 is 0 Å². The number of aromatic nitrogens is 4. The van der Waals surface area contributed by atoms with E-state index in [2.05, 4.69) is 22.0 Å². The van der Waals surface area contributed by atoms with Gasteiger partial charge in [-0.25, -0.2) is 9.78 Å². The average Bonchev–Trinajstić information content (AvgIpc) is 3.40. The molecule has 0 unspecified atom stereocenters. The second kappa shape index (κ2) is 12.4. The van der Waals surface area contributed by atoms with Gasteiger partial charge in [0.2, 0.25) is 0 Å². The lowest BCUT2D eigenvalue weighted by molar-refractivity contribution is 0.0384. The number of aromatic amines is 1. The number of ether oxygens (including phenoxy) is 1. The first-order valence-electron chi connectivity index (χ1n) is 13.7. The Kier molecular flexibility index (Phi) is 8.48. The first-order valence-corrected chi connectivity index (χ1v) is 13.7. The van der Waals surface area contributed by atoms with Crippen LogP contribution in [0.25, 0.3) is 22.5 Å². The van der Waals surface area contributed by atoms with E-state index < -0.39 is 5.76 Å². The highest BCUT2D eigenvalue weighted by atomic mass is 16.5. The summed E-state index contributed by atoms with van der Waals surface area (Å²) in [5.41, 5.74) is 5.41. The predicted octanol–water partition coefficient (Wildman–Crippen LogP) is 3.83. The quantitative estimate of drug-likeness (QED) is 0.333. The number of aryl methyl sites for hydroxylation is 2. The molecule has 1 fully saturated rings. The van der Waals surface area contributed by atoms with Crippen molar-refractivity contribution in [3.8, 4) is 22.5 Å². The van der Waals surface area contributed by atoms with Crippen molar-refractivity contribution in [3.05, 3.63) is 92.1 Å². The van der Waals surface area contributed by atoms with Crippen molar-refractivity contribution in [1.29, 1.82) is 0 Å². The fourth-order valence-electron chi connectivity index (χ4n) is 5.09. The molecule has 0 saturated carbocycles. The van der Waals surface area contributed by atoms with Crippen LogP contribution in [0.3, 0.4) is 0 Å². The topological polar surface area (TPSA) is 106 Å². The van der Waals surface area contributed by atoms with Gasteiger partial charge >= 0.3 is 5.76 Å². The van der Waals surface area contributed by atoms with Crippen molar-refractivity contribution in [2.24, 2.45) is 0 Å². The van der Waals surface area contributed by atoms with Gasteiger partial charge in [0.05, 0.1) is 19.8 Å². The molecule has 0 aliphatic carbocycles. The number of unbranched alkanes of at least 4 members (excludes halogenated alkanes) is 1. The Labute approximate surface area is 227 Å². The fourth-order valence-corrected chi connectivity index (χ4v) is 5.09. The van der Waals surface area contributed by atoms with Crippen molar-refractivity contribution in [2.45, 2.75) is 46.1 Å². The molecule has 1 aliphatic heterocycles. The highest BCUT2D eigenvalue weighted by Gasteiger charge is 2.17. The molecule has 0 spiro atoms. The minimum atomic E-state index is -0.588. The van der Waals surface area contributed by atoms with Crippen LogP contribution in [0.4, 0.5) is 0 Å². The lowest BCUT2D eigenvalue weighted by atomic mass is 9.98. The molecule has 2 aromatic carbocycles. The summed E-state index contributed by atoms with van der Waals surface area (Å²) < 4.78 is 12.0. The first kappa shape index (κ1) is 26.8. The predicted molar refractivity (Wildman–Crippen MR) is 150 cm³/mol. The minimum absolute atomic E-state index is 0.0614. The van der Waals surface area contributed by atoms with Crippen molar-refractivity contribution < 1.29 is 9.26 Å². The smallest absolute Gasteiger partial charge is 0.379 e. The van der Waals surface area contributed by atoms with Gasteiger partial charge in [0.1, 0.15) is 5.82 Å². The van der Waals surface area contributed by atoms with E-state index in [9.17, 15) is 9.59 Å². The SMILES string of the molecule is CCCCc1nc(C)c(CCN2CCOCC2)c(=O)n1Cc1ccc(-c2ccccc2-c2noc(=O)[nH]2)cc1. The van der Waals surface area contributed by atoms with E-state index in [1.165, 1.54) is 0 Å². The summed E-state index contributed by atoms with van der Waals surface area (Å²) in [7, 11) is 0. The van der Waals surface area contributed by atoms with Crippen LogP contribution in [0.1, 0.15) is 42.4 Å². The monoisotopic (exact) mass is 529 g/mol. The molecule has 3 heterocycles. The van der Waals surface area contributed by atoms with Crippen LogP contribution in [0, 0.1) is 6.92 Å². The van der Waals surface area contributed by atoms with E-state index in [4.69, 9.17) is 14.2 Å². The third-order valence-electron chi connectivity index (χ3n) is 7.31. The van der Waals surface area contributed by atoms with Crippen LogP contribution in [-0.4, -0.2) is 57.4 Å². The van der Waals surface area contributed by atoms with Crippen LogP contribution in [0.5, 0.6) is 0 Å². The second-order valence-electron chi connectivity index (χ2n) is 9.98. The number of hydrogen-bond donors (Lipinski definition) is 1. The summed E-state index contributed by atoms with van der Waals surface area (Å²) >= 11 is 0. The Morgan fingerprint density at radius 2 is 1.72 bits per heavy atom. The van der Waals surface area contributed by atoms with E-state index in [0.717, 1.165) is 91.4 Å². The van der Waals surface area contributed by atoms with Crippen LogP contribution in [0.2, 0.25) is 0 Å². The van der Waals surface area contributed by atoms with Gasteiger partial charge < -0.3 is 4.74 Å². The molecule has 0 amide bonds. The summed E-state index contributed by atoms with van der Waals surface area (Å²) in [6.45, 7) is 8.70. The van der Waals surface area contributed by atoms with Crippen LogP contribution < -0.4 is 11.3 Å². The second-order valence-corrected chi connectivity index (χ2v) is 9.98. The maximum absolute atomic E-state index is 13.8. The molecule has 0 radical (unpaired) electrons. The highest BCUT2D eigenvalue weighted by Crippen LogP contribution is 2.30. The molecule has 0 atom stereocenters. The van der Waals surface area contributed by atoms with Crippen LogP contribution in [0.15, 0.2) is 62.6 Å². The number of hydrogen-bond acceptors (Lipinski definition) is 7. The third kappa shape index (κ3) is 6.26. The number of H-pyrrole nitrogens is 1. The molecule has 9 heteroatoms. The van der Waals surface area contributed by atoms with Gasteiger partial charge in [0.15, 0.2) is 5.82 Å². The lowest BCUT2D eigenvalue weighted by Crippen LogP contribution is -2.39. The molecule has 1 N–H and O–H groups in total. The largest absolute Gasteiger partial charge is 0.439 e. The maximum Gasteiger partial charge on any atom is 0.439 e. The molecule has 1 saturated heterocycles. The highest BCUT2D eigenvalue weighted by molar-refractivity contribution is 5.80. The number of benzene rings is 2. The van der Waals surface area contributed by atoms with E-state index in [0.29, 0.717) is 18.8 Å². The van der Waals surface area contributed by atoms with E-state index in [1.807, 2.05) is 60.0 Å². The van der Waals surface area contributed by atoms with E-state index in [-0.39, 0.29) is 5.56 Å². The number of nitrogens with zero attached hydrogens (tertiary/aromatic N) is 4. The molecule has 204 valence electrons. The Bertz CT molecular complexity index is 1510. The summed E-state index contributed by atoms with van der Waals surface area (Å²) in [5.74, 6) is 0.650. The Hall–Kier alpha value is -3.82. The zero-order chi connectivity index (χ0) is 27.2. The molecule has 1 aliphatic rings. The molecule has 9 nitrogen and oxygen atoms in total. The molecular weight excluding hydrogens is 494 g/mol. The van der Waals surface area contributed by atoms with E-state index in [1.54, 1.807) is 0 Å². The van der Waals surface area contributed by atoms with Gasteiger partial charge in [0.25, 0.3) is 5.56 Å². The van der Waals surface area contributed by atoms with Gasteiger partial charge in [-0.15, -0.1) is 0 Å². The summed E-state index contributed by atoms with van der Waals surface area (Å²) in [6.07, 6.45) is 3.49. The third-order valence-corrected chi connectivity index (χ3v) is 7.31. The van der Waals surface area contributed by atoms with Gasteiger partial charge in [-0.2, -0.15) is 0 Å². The molecular formula is C30H35N5O4. The van der Waals surface area contributed by atoms with Crippen LogP contribution >= 0.6 is 0 Å². The maximum atomic E-state index is 13.8. The molecule has 0 bridgehead atoms.